The van der Waals surface area contributed by atoms with Gasteiger partial charge in [0.15, 0.2) is 11.6 Å². The van der Waals surface area contributed by atoms with E-state index in [0.717, 1.165) is 21.1 Å². The van der Waals surface area contributed by atoms with Gasteiger partial charge in [-0.15, -0.1) is 0 Å². The largest absolute Gasteiger partial charge is 0.497 e. The Morgan fingerprint density at radius 3 is 1.38 bits per heavy atom. The number of carbonyl (C=O) groups is 2. The van der Waals surface area contributed by atoms with Gasteiger partial charge >= 0.3 is 7.12 Å². The van der Waals surface area contributed by atoms with Gasteiger partial charge < -0.3 is 28.3 Å². The van der Waals surface area contributed by atoms with Crippen LogP contribution in [-0.4, -0.2) is 58.3 Å². The van der Waals surface area contributed by atoms with Crippen molar-refractivity contribution in [3.8, 4) is 23.0 Å². The molecule has 4 aromatic carbocycles. The van der Waals surface area contributed by atoms with Gasteiger partial charge in [-0.3, -0.25) is 9.59 Å². The smallest absolute Gasteiger partial charge is 0.496 e. The molecule has 0 N–H and O–H groups in total. The Balaban J connectivity index is 0.000000237. The third-order valence-corrected chi connectivity index (χ3v) is 10.2. The average Bonchev–Trinajstić information content (AvgIpc) is 3.32. The molecule has 0 aliphatic carbocycles. The molecular weight excluding hydrogens is 746 g/mol. The van der Waals surface area contributed by atoms with E-state index in [2.05, 4.69) is 15.9 Å². The molecule has 0 saturated carbocycles. The van der Waals surface area contributed by atoms with Gasteiger partial charge in [-0.1, -0.05) is 41.4 Å². The minimum Gasteiger partial charge on any atom is -0.497 e. The Morgan fingerprint density at radius 1 is 0.620 bits per heavy atom. The van der Waals surface area contributed by atoms with Crippen LogP contribution in [0.4, 0.5) is 0 Å². The molecule has 8 nitrogen and oxygen atoms in total. The van der Waals surface area contributed by atoms with Crippen molar-refractivity contribution in [1.29, 1.82) is 0 Å². The minimum absolute atomic E-state index is 0.0126. The van der Waals surface area contributed by atoms with Gasteiger partial charge in [0.05, 0.1) is 44.7 Å². The molecular formula is C38H40BBrCl2O8. The summed E-state index contributed by atoms with van der Waals surface area (Å²) in [7, 11) is 5.64. The van der Waals surface area contributed by atoms with E-state index >= 15 is 0 Å². The Bertz CT molecular complexity index is 1800. The first-order valence-corrected chi connectivity index (χ1v) is 17.2. The third-order valence-electron chi connectivity index (χ3n) is 8.63. The normalized spacial score (nSPS) is 14.3. The van der Waals surface area contributed by atoms with Crippen LogP contribution in [0.1, 0.15) is 59.5 Å². The van der Waals surface area contributed by atoms with Crippen LogP contribution >= 0.6 is 39.1 Å². The van der Waals surface area contributed by atoms with Crippen molar-refractivity contribution in [3.05, 3.63) is 110 Å². The zero-order valence-electron chi connectivity index (χ0n) is 29.3. The molecule has 0 radical (unpaired) electrons. The highest BCUT2D eigenvalue weighted by atomic mass is 79.9. The van der Waals surface area contributed by atoms with Crippen molar-refractivity contribution in [2.24, 2.45) is 0 Å². The Labute approximate surface area is 312 Å². The van der Waals surface area contributed by atoms with Crippen molar-refractivity contribution in [3.63, 3.8) is 0 Å². The fourth-order valence-electron chi connectivity index (χ4n) is 5.02. The number of halogens is 3. The molecule has 0 aromatic heterocycles. The first-order chi connectivity index (χ1) is 23.6. The Hall–Kier alpha value is -3.54. The molecule has 264 valence electrons. The van der Waals surface area contributed by atoms with Gasteiger partial charge in [-0.2, -0.15) is 0 Å². The number of hydrogen-bond donors (Lipinski definition) is 0. The zero-order valence-corrected chi connectivity index (χ0v) is 32.4. The number of methoxy groups -OCH3 is 4. The summed E-state index contributed by atoms with van der Waals surface area (Å²) in [6.07, 6.45) is 0.492. The molecule has 0 atom stereocenters. The lowest BCUT2D eigenvalue weighted by molar-refractivity contribution is 0.00578. The second-order valence-corrected chi connectivity index (χ2v) is 14.3. The van der Waals surface area contributed by atoms with Gasteiger partial charge in [-0.05, 0) is 97.2 Å². The standard InChI is InChI=1S/C22H26BClO5.C16H14BrClO3/c1-21(2)22(3,4)29-23(28-21)18-9-14(7-8-19(18)24)10-20(25)15-11-16(26-5)13-17(12-15)27-6;1-20-12-7-11(8-13(9-12)21-2)16(19)6-10-3-4-15(18)14(17)5-10/h7-9,11-13H,10H2,1-6H3;3-5,7-9H,6H2,1-2H3. The van der Waals surface area contributed by atoms with E-state index in [1.165, 1.54) is 0 Å². The van der Waals surface area contributed by atoms with Gasteiger partial charge in [0, 0.05) is 51.1 Å². The minimum atomic E-state index is -0.584. The molecule has 1 heterocycles. The molecule has 12 heteroatoms. The van der Waals surface area contributed by atoms with Crippen molar-refractivity contribution in [2.45, 2.75) is 51.7 Å². The van der Waals surface area contributed by atoms with E-state index in [4.69, 9.17) is 51.5 Å². The predicted octanol–water partition coefficient (Wildman–Crippen LogP) is 8.63. The summed E-state index contributed by atoms with van der Waals surface area (Å²) in [6.45, 7) is 7.96. The SMILES string of the molecule is COc1cc(OC)cc(C(=O)Cc2ccc(Cl)c(B3OC(C)(C)C(C)(C)O3)c2)c1.COc1cc(OC)cc(C(=O)Cc2ccc(Cl)c(Br)c2)c1. The number of ketones is 2. The van der Waals surface area contributed by atoms with Crippen LogP contribution in [0, 0.1) is 0 Å². The van der Waals surface area contributed by atoms with Gasteiger partial charge in [0.1, 0.15) is 23.0 Å². The summed E-state index contributed by atoms with van der Waals surface area (Å²) in [5.41, 5.74) is 2.57. The van der Waals surface area contributed by atoms with Crippen molar-refractivity contribution < 1.29 is 37.8 Å². The highest BCUT2D eigenvalue weighted by Gasteiger charge is 2.52. The first kappa shape index (κ1) is 39.3. The monoisotopic (exact) mass is 784 g/mol. The van der Waals surface area contributed by atoms with Crippen LogP contribution < -0.4 is 24.4 Å². The lowest BCUT2D eigenvalue weighted by Crippen LogP contribution is -2.41. The molecule has 0 unspecified atom stereocenters. The third kappa shape index (κ3) is 9.62. The topological polar surface area (TPSA) is 89.5 Å². The quantitative estimate of drug-likeness (QED) is 0.110. The van der Waals surface area contributed by atoms with Gasteiger partial charge in [0.2, 0.25) is 0 Å². The molecule has 50 heavy (non-hydrogen) atoms. The summed E-state index contributed by atoms with van der Waals surface area (Å²) in [5.74, 6) is 2.26. The van der Waals surface area contributed by atoms with E-state index in [9.17, 15) is 9.59 Å². The summed E-state index contributed by atoms with van der Waals surface area (Å²) < 4.78 is 33.9. The lowest BCUT2D eigenvalue weighted by Gasteiger charge is -2.32. The molecule has 1 aliphatic heterocycles. The maximum Gasteiger partial charge on any atom is 0.496 e. The molecule has 0 spiro atoms. The van der Waals surface area contributed by atoms with E-state index in [0.29, 0.717) is 44.2 Å². The van der Waals surface area contributed by atoms with Crippen LogP contribution in [0.2, 0.25) is 10.0 Å². The molecule has 4 aromatic rings. The second-order valence-electron chi connectivity index (χ2n) is 12.6. The first-order valence-electron chi connectivity index (χ1n) is 15.7. The molecule has 1 saturated heterocycles. The van der Waals surface area contributed by atoms with Crippen LogP contribution in [0.25, 0.3) is 0 Å². The van der Waals surface area contributed by atoms with E-state index < -0.39 is 18.3 Å². The fraction of sp³-hybridized carbons (Fsp3) is 0.316. The highest BCUT2D eigenvalue weighted by molar-refractivity contribution is 9.10. The van der Waals surface area contributed by atoms with Crippen molar-refractivity contribution in [1.82, 2.24) is 0 Å². The number of Topliss-reactive ketones (excluding diaryl/α,β-unsaturated/α-hetero) is 2. The summed E-state index contributed by atoms with van der Waals surface area (Å²) in [4.78, 5) is 25.3. The zero-order chi connectivity index (χ0) is 36.8. The fourth-order valence-corrected chi connectivity index (χ4v) is 5.77. The Morgan fingerprint density at radius 2 is 1.00 bits per heavy atom. The van der Waals surface area contributed by atoms with Gasteiger partial charge in [0.25, 0.3) is 0 Å². The molecule has 1 aliphatic rings. The lowest BCUT2D eigenvalue weighted by atomic mass is 9.78. The highest BCUT2D eigenvalue weighted by Crippen LogP contribution is 2.37. The predicted molar refractivity (Wildman–Crippen MR) is 201 cm³/mol. The molecule has 0 bridgehead atoms. The van der Waals surface area contributed by atoms with Crippen LogP contribution in [-0.2, 0) is 22.2 Å². The average molecular weight is 786 g/mol. The summed E-state index contributed by atoms with van der Waals surface area (Å²) in [5, 5.41) is 1.16. The van der Waals surface area contributed by atoms with E-state index in [1.54, 1.807) is 77.0 Å². The molecule has 0 amide bonds. The second kappa shape index (κ2) is 16.7. The van der Waals surface area contributed by atoms with Crippen LogP contribution in [0.15, 0.2) is 77.3 Å². The number of ether oxygens (including phenoxy) is 4. The van der Waals surface area contributed by atoms with E-state index in [1.807, 2.05) is 52.0 Å². The summed E-state index contributed by atoms with van der Waals surface area (Å²) in [6, 6.07) is 21.2. The number of rotatable bonds is 11. The van der Waals surface area contributed by atoms with Gasteiger partial charge in [-0.25, -0.2) is 0 Å². The van der Waals surface area contributed by atoms with Crippen LogP contribution in [0.3, 0.4) is 0 Å². The number of hydrogen-bond acceptors (Lipinski definition) is 8. The van der Waals surface area contributed by atoms with Crippen molar-refractivity contribution in [2.75, 3.05) is 28.4 Å². The van der Waals surface area contributed by atoms with Crippen LogP contribution in [0.5, 0.6) is 23.0 Å². The van der Waals surface area contributed by atoms with Crippen molar-refractivity contribution >= 4 is 63.3 Å². The van der Waals surface area contributed by atoms with E-state index in [-0.39, 0.29) is 24.4 Å². The number of carbonyl (C=O) groups excluding carboxylic acids is 2. The number of benzene rings is 4. The maximum absolute atomic E-state index is 12.9. The maximum atomic E-state index is 12.9. The molecule has 1 fully saturated rings. The Kier molecular flexibility index (Phi) is 13.1. The summed E-state index contributed by atoms with van der Waals surface area (Å²) >= 11 is 15.7. The molecule has 5 rings (SSSR count).